The van der Waals surface area contributed by atoms with E-state index in [0.717, 1.165) is 45.3 Å². The maximum absolute atomic E-state index is 7.25. The van der Waals surface area contributed by atoms with Gasteiger partial charge >= 0.3 is 0 Å². The minimum absolute atomic E-state index is 0.328. The van der Waals surface area contributed by atoms with Crippen molar-refractivity contribution in [1.29, 1.82) is 0 Å². The minimum Gasteiger partial charge on any atom is -0.347 e. The van der Waals surface area contributed by atoms with E-state index in [4.69, 9.17) is 56.7 Å². The Morgan fingerprint density at radius 1 is 0.968 bits per heavy atom. The highest BCUT2D eigenvalue weighted by molar-refractivity contribution is 8.15. The van der Waals surface area contributed by atoms with Crippen molar-refractivity contribution >= 4 is 53.8 Å². The van der Waals surface area contributed by atoms with Crippen LogP contribution in [0.5, 0.6) is 0 Å². The first kappa shape index (κ1) is 23.6. The van der Waals surface area contributed by atoms with Gasteiger partial charge in [-0.15, -0.1) is 0 Å². The van der Waals surface area contributed by atoms with Crippen LogP contribution < -0.4 is 5.09 Å². The van der Waals surface area contributed by atoms with Crippen LogP contribution in [-0.2, 0) is 9.47 Å². The van der Waals surface area contributed by atoms with Crippen molar-refractivity contribution in [3.63, 3.8) is 0 Å². The molecule has 14 heteroatoms. The number of ether oxygens (including phenoxy) is 2. The Labute approximate surface area is 198 Å². The number of hydrogen-bond donors (Lipinski definition) is 1. The van der Waals surface area contributed by atoms with Crippen LogP contribution in [-0.4, -0.2) is 61.1 Å². The van der Waals surface area contributed by atoms with Gasteiger partial charge in [0.2, 0.25) is 14.2 Å². The highest BCUT2D eigenvalue weighted by Crippen LogP contribution is 2.84. The predicted octanol–water partition coefficient (Wildman–Crippen LogP) is 6.82. The molecule has 0 saturated carbocycles. The fraction of sp³-hybridized carbons (Fsp3) is 0.765. The molecule has 0 bridgehead atoms. The summed E-state index contributed by atoms with van der Waals surface area (Å²) in [5.41, 5.74) is 0. The summed E-state index contributed by atoms with van der Waals surface area (Å²) in [6, 6.07) is 0. The molecule has 8 nitrogen and oxygen atoms in total. The van der Waals surface area contributed by atoms with Crippen molar-refractivity contribution in [3.8, 4) is 0 Å². The van der Waals surface area contributed by atoms with E-state index in [1.165, 1.54) is 0 Å². The Morgan fingerprint density at radius 3 is 2.39 bits per heavy atom. The summed E-state index contributed by atoms with van der Waals surface area (Å²) >= 11 is 20.7. The van der Waals surface area contributed by atoms with Crippen LogP contribution in [0.1, 0.15) is 25.7 Å². The zero-order valence-electron chi connectivity index (χ0n) is 17.2. The number of halogens is 3. The summed E-state index contributed by atoms with van der Waals surface area (Å²) in [7, 11) is -2.56. The molecule has 174 valence electrons. The monoisotopic (exact) mass is 546 g/mol. The van der Waals surface area contributed by atoms with Crippen molar-refractivity contribution in [2.24, 2.45) is 19.5 Å². The molecule has 3 fully saturated rings. The molecule has 0 aromatic carbocycles. The molecule has 1 aliphatic carbocycles. The van der Waals surface area contributed by atoms with Gasteiger partial charge in [-0.2, -0.15) is 13.5 Å². The van der Waals surface area contributed by atoms with E-state index in [1.807, 2.05) is 0 Å². The quantitative estimate of drug-likeness (QED) is 0.393. The second-order valence-electron chi connectivity index (χ2n) is 8.31. The van der Waals surface area contributed by atoms with Gasteiger partial charge in [0, 0.05) is 51.5 Å². The molecule has 4 heterocycles. The van der Waals surface area contributed by atoms with E-state index in [-0.39, 0.29) is 0 Å². The maximum Gasteiger partial charge on any atom is 0.257 e. The van der Waals surface area contributed by atoms with E-state index >= 15 is 0 Å². The maximum atomic E-state index is 7.25. The summed E-state index contributed by atoms with van der Waals surface area (Å²) in [4.78, 5) is 0. The van der Waals surface area contributed by atoms with Gasteiger partial charge in [-0.1, -0.05) is 24.3 Å². The second kappa shape index (κ2) is 9.13. The first-order valence-electron chi connectivity index (χ1n) is 10.7. The van der Waals surface area contributed by atoms with Gasteiger partial charge in [-0.3, -0.25) is 5.09 Å². The Bertz CT molecular complexity index is 923. The molecule has 5 rings (SSSR count). The van der Waals surface area contributed by atoms with Crippen LogP contribution >= 0.6 is 53.8 Å². The molecule has 2 atom stereocenters. The molecule has 2 spiro atoms. The predicted molar refractivity (Wildman–Crippen MR) is 132 cm³/mol. The van der Waals surface area contributed by atoms with E-state index in [9.17, 15) is 0 Å². The van der Waals surface area contributed by atoms with Crippen molar-refractivity contribution in [2.75, 3.05) is 45.9 Å². The molecule has 1 N–H and O–H groups in total. The van der Waals surface area contributed by atoms with Crippen molar-refractivity contribution in [3.05, 3.63) is 24.3 Å². The van der Waals surface area contributed by atoms with Crippen molar-refractivity contribution < 1.29 is 9.47 Å². The van der Waals surface area contributed by atoms with Crippen molar-refractivity contribution in [2.45, 2.75) is 31.5 Å². The Morgan fingerprint density at radius 2 is 1.68 bits per heavy atom. The number of nitrogens with zero attached hydrogens (tertiary/aromatic N) is 5. The Kier molecular flexibility index (Phi) is 6.94. The Balaban J connectivity index is 1.49. The van der Waals surface area contributed by atoms with Crippen LogP contribution in [0.2, 0.25) is 0 Å². The lowest BCUT2D eigenvalue weighted by Gasteiger charge is -2.43. The average Bonchev–Trinajstić information content (AvgIpc) is 3.34. The SMILES string of the molecule is ClP1(Cl)=NP(Cl)(N2CCC3(CC2)OCCO3)=NP2(=N1)NCCCCN2CC1C=CC=C1. The summed E-state index contributed by atoms with van der Waals surface area (Å²) in [5.74, 6) is -3.13. The number of allylic oxidation sites excluding steroid dienone is 2. The highest BCUT2D eigenvalue weighted by atomic mass is 35.9. The number of piperidine rings is 1. The fourth-order valence-electron chi connectivity index (χ4n) is 4.60. The molecular formula is C17H28Cl3N6O2P3. The van der Waals surface area contributed by atoms with Gasteiger partial charge in [0.1, 0.15) is 0 Å². The Hall–Kier alpha value is 0.840. The third kappa shape index (κ3) is 4.97. The van der Waals surface area contributed by atoms with Gasteiger partial charge < -0.3 is 9.47 Å². The molecule has 0 aromatic heterocycles. The number of hydrogen-bond acceptors (Lipinski definition) is 8. The standard InChI is InChI=1S/C17H28Cl3N6O2P3/c18-29(19)22-30(20,25-11-7-17(8-12-25)27-13-14-28-17)24-31(23-29)21-9-3-4-10-26(31)15-16-5-1-2-6-16/h1-2,5-6,16,21H,3-4,7-15H2. The highest BCUT2D eigenvalue weighted by Gasteiger charge is 2.46. The first-order valence-corrected chi connectivity index (χ1v) is 18.4. The zero-order valence-corrected chi connectivity index (χ0v) is 22.1. The number of rotatable bonds is 3. The molecule has 0 radical (unpaired) electrons. The molecular weight excluding hydrogens is 520 g/mol. The zero-order chi connectivity index (χ0) is 21.6. The average molecular weight is 548 g/mol. The van der Waals surface area contributed by atoms with Gasteiger partial charge in [0.25, 0.3) is 5.91 Å². The van der Waals surface area contributed by atoms with E-state index < -0.39 is 25.9 Å². The van der Waals surface area contributed by atoms with Crippen LogP contribution in [0.15, 0.2) is 37.9 Å². The van der Waals surface area contributed by atoms with Gasteiger partial charge in [0.05, 0.1) is 13.2 Å². The topological polar surface area (TPSA) is 74.0 Å². The van der Waals surface area contributed by atoms with Crippen LogP contribution in [0.3, 0.4) is 0 Å². The normalized spacial score (nSPS) is 38.2. The molecule has 0 aromatic rings. The third-order valence-electron chi connectivity index (χ3n) is 6.18. The van der Waals surface area contributed by atoms with Gasteiger partial charge in [0.15, 0.2) is 5.79 Å². The molecule has 5 aliphatic rings. The lowest BCUT2D eigenvalue weighted by molar-refractivity contribution is -0.179. The fourth-order valence-corrected chi connectivity index (χ4v) is 20.3. The van der Waals surface area contributed by atoms with Crippen LogP contribution in [0.25, 0.3) is 0 Å². The second-order valence-corrected chi connectivity index (χ2v) is 19.7. The van der Waals surface area contributed by atoms with E-state index in [2.05, 4.69) is 38.7 Å². The lowest BCUT2D eigenvalue weighted by atomic mass is 10.1. The molecule has 4 aliphatic heterocycles. The summed E-state index contributed by atoms with van der Waals surface area (Å²) < 4.78 is 31.1. The lowest BCUT2D eigenvalue weighted by Crippen LogP contribution is -2.43. The van der Waals surface area contributed by atoms with E-state index in [0.29, 0.717) is 32.2 Å². The van der Waals surface area contributed by atoms with Gasteiger partial charge in [-0.25, -0.2) is 9.34 Å². The first-order chi connectivity index (χ1) is 14.8. The van der Waals surface area contributed by atoms with Crippen LogP contribution in [0.4, 0.5) is 0 Å². The number of nitrogens with one attached hydrogen (secondary N) is 1. The van der Waals surface area contributed by atoms with Crippen LogP contribution in [0, 0.1) is 5.92 Å². The molecule has 3 saturated heterocycles. The summed E-state index contributed by atoms with van der Waals surface area (Å²) in [6.45, 7) is 2.38. The minimum atomic E-state index is -2.97. The largest absolute Gasteiger partial charge is 0.347 e. The van der Waals surface area contributed by atoms with E-state index in [1.54, 1.807) is 0 Å². The van der Waals surface area contributed by atoms with Gasteiger partial charge in [-0.05, 0) is 46.6 Å². The third-order valence-corrected chi connectivity index (χ3v) is 18.9. The summed E-state index contributed by atoms with van der Waals surface area (Å²) in [6.07, 6.45) is 12.2. The molecule has 31 heavy (non-hydrogen) atoms. The summed E-state index contributed by atoms with van der Waals surface area (Å²) in [5, 5.41) is 3.64. The smallest absolute Gasteiger partial charge is 0.257 e. The van der Waals surface area contributed by atoms with Crippen molar-refractivity contribution in [1.82, 2.24) is 14.4 Å². The molecule has 0 amide bonds. The molecule has 2 unspecified atom stereocenters.